The molecule has 1 heterocycles. The van der Waals surface area contributed by atoms with Crippen molar-refractivity contribution in [1.29, 1.82) is 0 Å². The van der Waals surface area contributed by atoms with Gasteiger partial charge in [-0.2, -0.15) is 0 Å². The van der Waals surface area contributed by atoms with Gasteiger partial charge in [-0.25, -0.2) is 0 Å². The van der Waals surface area contributed by atoms with Crippen LogP contribution in [0.4, 0.5) is 0 Å². The number of nitrogens with one attached hydrogen (secondary N) is 1. The summed E-state index contributed by atoms with van der Waals surface area (Å²) in [5.41, 5.74) is 6.65. The number of fused-ring (bicyclic) bond motifs is 1. The van der Waals surface area contributed by atoms with Gasteiger partial charge >= 0.3 is 0 Å². The standard InChI is InChI=1S/C13H17N3/c1-10(8-14)16-9-13-12-5-3-2-4-11(12)6-7-15-13/h2-7,10,16H,8-9,14H2,1H3. The van der Waals surface area contributed by atoms with Gasteiger partial charge in [0.1, 0.15) is 0 Å². The summed E-state index contributed by atoms with van der Waals surface area (Å²) in [6.45, 7) is 3.48. The van der Waals surface area contributed by atoms with E-state index in [1.807, 2.05) is 24.4 Å². The Balaban J connectivity index is 2.23. The van der Waals surface area contributed by atoms with E-state index in [0.717, 1.165) is 12.2 Å². The second-order valence-corrected chi connectivity index (χ2v) is 4.00. The fourth-order valence-corrected chi connectivity index (χ4v) is 1.68. The molecule has 0 aliphatic rings. The average molecular weight is 215 g/mol. The van der Waals surface area contributed by atoms with E-state index in [1.165, 1.54) is 10.8 Å². The van der Waals surface area contributed by atoms with E-state index < -0.39 is 0 Å². The predicted molar refractivity (Wildman–Crippen MR) is 67.1 cm³/mol. The van der Waals surface area contributed by atoms with E-state index in [1.54, 1.807) is 0 Å². The second-order valence-electron chi connectivity index (χ2n) is 4.00. The summed E-state index contributed by atoms with van der Waals surface area (Å²) in [6.07, 6.45) is 1.85. The third kappa shape index (κ3) is 2.38. The van der Waals surface area contributed by atoms with Crippen LogP contribution < -0.4 is 11.1 Å². The third-order valence-electron chi connectivity index (χ3n) is 2.73. The van der Waals surface area contributed by atoms with Crippen molar-refractivity contribution in [3.05, 3.63) is 42.2 Å². The Morgan fingerprint density at radius 1 is 1.31 bits per heavy atom. The molecule has 1 unspecified atom stereocenters. The van der Waals surface area contributed by atoms with E-state index in [9.17, 15) is 0 Å². The van der Waals surface area contributed by atoms with E-state index in [2.05, 4.69) is 29.4 Å². The van der Waals surface area contributed by atoms with Gasteiger partial charge in [0.2, 0.25) is 0 Å². The minimum absolute atomic E-state index is 0.320. The summed E-state index contributed by atoms with van der Waals surface area (Å²) in [4.78, 5) is 4.41. The van der Waals surface area contributed by atoms with Gasteiger partial charge < -0.3 is 11.1 Å². The highest BCUT2D eigenvalue weighted by Gasteiger charge is 2.03. The van der Waals surface area contributed by atoms with Crippen molar-refractivity contribution in [2.24, 2.45) is 5.73 Å². The molecule has 3 nitrogen and oxygen atoms in total. The van der Waals surface area contributed by atoms with Crippen LogP contribution in [0.2, 0.25) is 0 Å². The molecule has 1 aromatic heterocycles. The molecule has 0 amide bonds. The normalized spacial score (nSPS) is 12.9. The smallest absolute Gasteiger partial charge is 0.0619 e. The van der Waals surface area contributed by atoms with Gasteiger partial charge in [0, 0.05) is 30.7 Å². The topological polar surface area (TPSA) is 50.9 Å². The highest BCUT2D eigenvalue weighted by molar-refractivity contribution is 5.84. The van der Waals surface area contributed by atoms with Crippen molar-refractivity contribution in [3.8, 4) is 0 Å². The van der Waals surface area contributed by atoms with Gasteiger partial charge in [-0.1, -0.05) is 24.3 Å². The maximum atomic E-state index is 5.57. The Bertz CT molecular complexity index is 462. The molecule has 3 N–H and O–H groups in total. The van der Waals surface area contributed by atoms with Crippen LogP contribution in [0.25, 0.3) is 10.8 Å². The Morgan fingerprint density at radius 2 is 2.12 bits per heavy atom. The van der Waals surface area contributed by atoms with Crippen molar-refractivity contribution in [2.45, 2.75) is 19.5 Å². The summed E-state index contributed by atoms with van der Waals surface area (Å²) < 4.78 is 0. The number of aromatic nitrogens is 1. The maximum Gasteiger partial charge on any atom is 0.0619 e. The van der Waals surface area contributed by atoms with Crippen LogP contribution >= 0.6 is 0 Å². The lowest BCUT2D eigenvalue weighted by Gasteiger charge is -2.11. The van der Waals surface area contributed by atoms with Gasteiger partial charge in [0.15, 0.2) is 0 Å². The zero-order chi connectivity index (χ0) is 11.4. The molecule has 0 spiro atoms. The molecule has 1 aromatic carbocycles. The highest BCUT2D eigenvalue weighted by Crippen LogP contribution is 2.15. The number of hydrogen-bond acceptors (Lipinski definition) is 3. The quantitative estimate of drug-likeness (QED) is 0.815. The first-order valence-corrected chi connectivity index (χ1v) is 5.57. The molecule has 0 aliphatic carbocycles. The molecular weight excluding hydrogens is 198 g/mol. The number of pyridine rings is 1. The molecule has 0 saturated heterocycles. The Labute approximate surface area is 95.7 Å². The maximum absolute atomic E-state index is 5.57. The van der Waals surface area contributed by atoms with Crippen LogP contribution in [0.1, 0.15) is 12.6 Å². The Hall–Kier alpha value is -1.45. The van der Waals surface area contributed by atoms with Crippen LogP contribution in [-0.2, 0) is 6.54 Å². The molecule has 0 fully saturated rings. The van der Waals surface area contributed by atoms with Crippen molar-refractivity contribution in [2.75, 3.05) is 6.54 Å². The van der Waals surface area contributed by atoms with E-state index >= 15 is 0 Å². The zero-order valence-electron chi connectivity index (χ0n) is 9.48. The van der Waals surface area contributed by atoms with E-state index in [4.69, 9.17) is 5.73 Å². The van der Waals surface area contributed by atoms with Gasteiger partial charge in [-0.3, -0.25) is 4.98 Å². The Morgan fingerprint density at radius 3 is 2.94 bits per heavy atom. The second kappa shape index (κ2) is 5.05. The molecule has 1 atom stereocenters. The van der Waals surface area contributed by atoms with Gasteiger partial charge in [-0.05, 0) is 18.4 Å². The Kier molecular flexibility index (Phi) is 3.49. The van der Waals surface area contributed by atoms with Gasteiger partial charge in [0.25, 0.3) is 0 Å². The summed E-state index contributed by atoms with van der Waals surface area (Å²) >= 11 is 0. The SMILES string of the molecule is CC(CN)NCc1nccc2ccccc12. The van der Waals surface area contributed by atoms with E-state index in [0.29, 0.717) is 12.6 Å². The number of nitrogens with two attached hydrogens (primary N) is 1. The zero-order valence-corrected chi connectivity index (χ0v) is 9.48. The third-order valence-corrected chi connectivity index (χ3v) is 2.73. The highest BCUT2D eigenvalue weighted by atomic mass is 14.9. The fourth-order valence-electron chi connectivity index (χ4n) is 1.68. The molecule has 16 heavy (non-hydrogen) atoms. The average Bonchev–Trinajstić information content (AvgIpc) is 2.35. The molecular formula is C13H17N3. The molecule has 2 rings (SSSR count). The fraction of sp³-hybridized carbons (Fsp3) is 0.308. The first-order chi connectivity index (χ1) is 7.81. The monoisotopic (exact) mass is 215 g/mol. The lowest BCUT2D eigenvalue weighted by Crippen LogP contribution is -2.32. The summed E-state index contributed by atoms with van der Waals surface area (Å²) in [5, 5.41) is 5.79. The molecule has 84 valence electrons. The first kappa shape index (κ1) is 11.0. The van der Waals surface area contributed by atoms with Gasteiger partial charge in [-0.15, -0.1) is 0 Å². The van der Waals surface area contributed by atoms with Crippen LogP contribution in [0.5, 0.6) is 0 Å². The molecule has 0 radical (unpaired) electrons. The molecule has 3 heteroatoms. The van der Waals surface area contributed by atoms with Gasteiger partial charge in [0.05, 0.1) is 5.69 Å². The minimum atomic E-state index is 0.320. The molecule has 0 bridgehead atoms. The summed E-state index contributed by atoms with van der Waals surface area (Å²) in [7, 11) is 0. The van der Waals surface area contributed by atoms with Crippen molar-refractivity contribution in [1.82, 2.24) is 10.3 Å². The molecule has 0 aliphatic heterocycles. The molecule has 0 saturated carbocycles. The summed E-state index contributed by atoms with van der Waals surface area (Å²) in [5.74, 6) is 0. The van der Waals surface area contributed by atoms with E-state index in [-0.39, 0.29) is 0 Å². The summed E-state index contributed by atoms with van der Waals surface area (Å²) in [6, 6.07) is 10.6. The van der Waals surface area contributed by atoms with Crippen molar-refractivity contribution in [3.63, 3.8) is 0 Å². The lowest BCUT2D eigenvalue weighted by atomic mass is 10.1. The van der Waals surface area contributed by atoms with Crippen molar-refractivity contribution < 1.29 is 0 Å². The minimum Gasteiger partial charge on any atom is -0.329 e. The largest absolute Gasteiger partial charge is 0.329 e. The predicted octanol–water partition coefficient (Wildman–Crippen LogP) is 1.67. The van der Waals surface area contributed by atoms with Crippen LogP contribution in [0.3, 0.4) is 0 Å². The number of nitrogens with zero attached hydrogens (tertiary/aromatic N) is 1. The number of benzene rings is 1. The van der Waals surface area contributed by atoms with Crippen LogP contribution in [0.15, 0.2) is 36.5 Å². The van der Waals surface area contributed by atoms with Crippen LogP contribution in [-0.4, -0.2) is 17.6 Å². The lowest BCUT2D eigenvalue weighted by molar-refractivity contribution is 0.552. The molecule has 2 aromatic rings. The van der Waals surface area contributed by atoms with Crippen LogP contribution in [0, 0.1) is 0 Å². The van der Waals surface area contributed by atoms with Crippen molar-refractivity contribution >= 4 is 10.8 Å². The number of hydrogen-bond donors (Lipinski definition) is 2. The first-order valence-electron chi connectivity index (χ1n) is 5.57. The number of rotatable bonds is 4.